The molecule has 3 unspecified atom stereocenters. The van der Waals surface area contributed by atoms with Crippen LogP contribution < -0.4 is 5.32 Å². The third kappa shape index (κ3) is 5.14. The average molecular weight is 287 g/mol. The second-order valence-corrected chi connectivity index (χ2v) is 8.20. The van der Waals surface area contributed by atoms with Gasteiger partial charge >= 0.3 is 0 Å². The van der Waals surface area contributed by atoms with Crippen LogP contribution in [0.25, 0.3) is 0 Å². The number of benzene rings is 1. The number of nitrogens with one attached hydrogen (secondary N) is 1. The number of rotatable bonds is 4. The number of aryl methyl sites for hydroxylation is 1. The molecule has 1 saturated carbocycles. The van der Waals surface area contributed by atoms with Gasteiger partial charge in [0.25, 0.3) is 0 Å². The van der Waals surface area contributed by atoms with Crippen LogP contribution in [0.3, 0.4) is 0 Å². The van der Waals surface area contributed by atoms with Crippen LogP contribution in [0.1, 0.15) is 58.1 Å². The van der Waals surface area contributed by atoms with Gasteiger partial charge in [0, 0.05) is 5.54 Å². The maximum atomic E-state index is 3.74. The van der Waals surface area contributed by atoms with Crippen molar-refractivity contribution in [1.82, 2.24) is 5.32 Å². The summed E-state index contributed by atoms with van der Waals surface area (Å²) >= 11 is 0. The molecule has 0 radical (unpaired) electrons. The summed E-state index contributed by atoms with van der Waals surface area (Å²) in [5.41, 5.74) is 3.24. The Morgan fingerprint density at radius 2 is 1.81 bits per heavy atom. The zero-order valence-corrected chi connectivity index (χ0v) is 14.6. The third-order valence-electron chi connectivity index (χ3n) is 5.04. The summed E-state index contributed by atoms with van der Waals surface area (Å²) in [6.07, 6.45) is 5.44. The molecule has 0 aromatic heterocycles. The minimum Gasteiger partial charge on any atom is -0.312 e. The lowest BCUT2D eigenvalue weighted by molar-refractivity contribution is 0.174. The third-order valence-corrected chi connectivity index (χ3v) is 5.04. The van der Waals surface area contributed by atoms with Crippen LogP contribution in [0.4, 0.5) is 0 Å². The fourth-order valence-electron chi connectivity index (χ4n) is 3.64. The number of hydrogen-bond acceptors (Lipinski definition) is 1. The number of hydrogen-bond donors (Lipinski definition) is 1. The molecule has 0 spiro atoms. The second-order valence-electron chi connectivity index (χ2n) is 8.20. The summed E-state index contributed by atoms with van der Waals surface area (Å²) in [7, 11) is 0. The van der Waals surface area contributed by atoms with Crippen molar-refractivity contribution >= 4 is 0 Å². The van der Waals surface area contributed by atoms with Gasteiger partial charge in [-0.15, -0.1) is 0 Å². The highest BCUT2D eigenvalue weighted by Crippen LogP contribution is 2.36. The highest BCUT2D eigenvalue weighted by molar-refractivity contribution is 5.26. The Hall–Kier alpha value is -0.820. The SMILES string of the molecule is Cc1ccccc1CC1CC(C)CCC1CNC(C)(C)C. The van der Waals surface area contributed by atoms with Gasteiger partial charge < -0.3 is 5.32 Å². The summed E-state index contributed by atoms with van der Waals surface area (Å²) in [6.45, 7) is 12.7. The van der Waals surface area contributed by atoms with Crippen LogP contribution in [0.2, 0.25) is 0 Å². The van der Waals surface area contributed by atoms with Crippen LogP contribution in [0.5, 0.6) is 0 Å². The summed E-state index contributed by atoms with van der Waals surface area (Å²) in [5, 5.41) is 3.74. The fraction of sp³-hybridized carbons (Fsp3) is 0.700. The Morgan fingerprint density at radius 3 is 2.48 bits per heavy atom. The molecule has 1 N–H and O–H groups in total. The zero-order valence-electron chi connectivity index (χ0n) is 14.6. The molecule has 3 atom stereocenters. The van der Waals surface area contributed by atoms with Crippen molar-refractivity contribution in [2.45, 2.75) is 65.8 Å². The smallest absolute Gasteiger partial charge is 0.00966 e. The van der Waals surface area contributed by atoms with Gasteiger partial charge in [0.05, 0.1) is 0 Å². The maximum absolute atomic E-state index is 3.74. The Kier molecular flexibility index (Phi) is 5.48. The standard InChI is InChI=1S/C20H33N/c1-15-10-11-18(14-21-20(3,4)5)19(12-15)13-17-9-7-6-8-16(17)2/h6-9,15,18-19,21H,10-14H2,1-5H3. The highest BCUT2D eigenvalue weighted by Gasteiger charge is 2.29. The van der Waals surface area contributed by atoms with Crippen molar-refractivity contribution in [3.05, 3.63) is 35.4 Å². The molecule has 1 heteroatoms. The van der Waals surface area contributed by atoms with E-state index in [0.29, 0.717) is 0 Å². The minimum absolute atomic E-state index is 0.232. The molecule has 0 saturated heterocycles. The van der Waals surface area contributed by atoms with Gasteiger partial charge in [-0.3, -0.25) is 0 Å². The fourth-order valence-corrected chi connectivity index (χ4v) is 3.64. The lowest BCUT2D eigenvalue weighted by Gasteiger charge is -2.37. The quantitative estimate of drug-likeness (QED) is 0.823. The molecule has 0 aliphatic heterocycles. The molecule has 1 fully saturated rings. The van der Waals surface area contributed by atoms with Crippen molar-refractivity contribution in [2.24, 2.45) is 17.8 Å². The predicted octanol–water partition coefficient (Wildman–Crippen LogP) is 4.98. The molecule has 0 bridgehead atoms. The molecular formula is C20H33N. The topological polar surface area (TPSA) is 12.0 Å². The summed E-state index contributed by atoms with van der Waals surface area (Å²) in [6, 6.07) is 8.92. The summed E-state index contributed by atoms with van der Waals surface area (Å²) in [5.74, 6) is 2.56. The van der Waals surface area contributed by atoms with Crippen molar-refractivity contribution in [1.29, 1.82) is 0 Å². The van der Waals surface area contributed by atoms with Crippen LogP contribution in [-0.2, 0) is 6.42 Å². The summed E-state index contributed by atoms with van der Waals surface area (Å²) in [4.78, 5) is 0. The Labute approximate surface area is 131 Å². The normalized spacial score (nSPS) is 26.8. The first-order chi connectivity index (χ1) is 9.85. The average Bonchev–Trinajstić information content (AvgIpc) is 2.39. The predicted molar refractivity (Wildman–Crippen MR) is 92.6 cm³/mol. The van der Waals surface area contributed by atoms with Gasteiger partial charge in [0.2, 0.25) is 0 Å². The molecule has 118 valence electrons. The molecule has 1 aromatic rings. The van der Waals surface area contributed by atoms with Crippen molar-refractivity contribution in [3.63, 3.8) is 0 Å². The van der Waals surface area contributed by atoms with E-state index in [4.69, 9.17) is 0 Å². The molecule has 21 heavy (non-hydrogen) atoms. The highest BCUT2D eigenvalue weighted by atomic mass is 14.9. The van der Waals surface area contributed by atoms with Crippen LogP contribution in [0, 0.1) is 24.7 Å². The van der Waals surface area contributed by atoms with Gasteiger partial charge in [-0.05, 0) is 82.4 Å². The van der Waals surface area contributed by atoms with E-state index in [1.54, 1.807) is 5.56 Å². The second kappa shape index (κ2) is 6.96. The molecule has 1 aliphatic carbocycles. The Bertz CT molecular complexity index is 443. The van der Waals surface area contributed by atoms with E-state index in [1.165, 1.54) is 37.8 Å². The molecule has 0 amide bonds. The molecule has 0 heterocycles. The van der Waals surface area contributed by atoms with E-state index in [-0.39, 0.29) is 5.54 Å². The molecule has 2 rings (SSSR count). The van der Waals surface area contributed by atoms with Crippen molar-refractivity contribution < 1.29 is 0 Å². The largest absolute Gasteiger partial charge is 0.312 e. The summed E-state index contributed by atoms with van der Waals surface area (Å²) < 4.78 is 0. The molecule has 1 aromatic carbocycles. The Balaban J connectivity index is 2.03. The van der Waals surface area contributed by atoms with E-state index >= 15 is 0 Å². The molecule has 1 aliphatic rings. The van der Waals surface area contributed by atoms with Gasteiger partial charge in [0.15, 0.2) is 0 Å². The first kappa shape index (κ1) is 16.5. The lowest BCUT2D eigenvalue weighted by atomic mass is 9.71. The first-order valence-electron chi connectivity index (χ1n) is 8.64. The van der Waals surface area contributed by atoms with Crippen LogP contribution >= 0.6 is 0 Å². The zero-order chi connectivity index (χ0) is 15.5. The Morgan fingerprint density at radius 1 is 1.10 bits per heavy atom. The van der Waals surface area contributed by atoms with E-state index in [2.05, 4.69) is 64.2 Å². The van der Waals surface area contributed by atoms with Gasteiger partial charge in [-0.2, -0.15) is 0 Å². The van der Waals surface area contributed by atoms with Gasteiger partial charge in [0.1, 0.15) is 0 Å². The van der Waals surface area contributed by atoms with Crippen LogP contribution in [0.15, 0.2) is 24.3 Å². The van der Waals surface area contributed by atoms with E-state index in [0.717, 1.165) is 17.8 Å². The maximum Gasteiger partial charge on any atom is 0.00966 e. The van der Waals surface area contributed by atoms with Crippen molar-refractivity contribution in [2.75, 3.05) is 6.54 Å². The molecule has 1 nitrogen and oxygen atoms in total. The van der Waals surface area contributed by atoms with Crippen LogP contribution in [-0.4, -0.2) is 12.1 Å². The van der Waals surface area contributed by atoms with E-state index in [1.807, 2.05) is 0 Å². The van der Waals surface area contributed by atoms with Gasteiger partial charge in [-0.25, -0.2) is 0 Å². The van der Waals surface area contributed by atoms with E-state index < -0.39 is 0 Å². The minimum atomic E-state index is 0.232. The lowest BCUT2D eigenvalue weighted by Crippen LogP contribution is -2.42. The first-order valence-corrected chi connectivity index (χ1v) is 8.64. The monoisotopic (exact) mass is 287 g/mol. The van der Waals surface area contributed by atoms with Gasteiger partial charge in [-0.1, -0.05) is 37.6 Å². The molecular weight excluding hydrogens is 254 g/mol. The van der Waals surface area contributed by atoms with Crippen molar-refractivity contribution in [3.8, 4) is 0 Å². The van der Waals surface area contributed by atoms with E-state index in [9.17, 15) is 0 Å².